The molecule has 0 aliphatic heterocycles. The third kappa shape index (κ3) is 6.09. The average Bonchev–Trinajstić information content (AvgIpc) is 2.59. The molecule has 0 bridgehead atoms. The van der Waals surface area contributed by atoms with Gasteiger partial charge in [-0.3, -0.25) is 4.79 Å². The summed E-state index contributed by atoms with van der Waals surface area (Å²) in [6.07, 6.45) is -4.24. The Morgan fingerprint density at radius 2 is 1.74 bits per heavy atom. The van der Waals surface area contributed by atoms with Gasteiger partial charge in [-0.15, -0.1) is 0 Å². The molecule has 2 rings (SSSR count). The molecule has 8 heteroatoms. The zero-order valence-corrected chi connectivity index (χ0v) is 14.1. The van der Waals surface area contributed by atoms with Gasteiger partial charge in [0.25, 0.3) is 0 Å². The standard InChI is InChI=1S/C19H16F5NO2/c1-12(14-8-5-9-15(10-14)27-18(20)21)25-17(26)11-16(19(22,23)24)13-6-3-2-4-7-13/h2-12,18H,1H3,(H,25,26)/b16-11-. The maximum atomic E-state index is 13.3. The highest BCUT2D eigenvalue weighted by molar-refractivity contribution is 5.96. The van der Waals surface area contributed by atoms with Crippen LogP contribution in [0.5, 0.6) is 5.75 Å². The molecule has 2 aromatic carbocycles. The Bertz CT molecular complexity index is 803. The van der Waals surface area contributed by atoms with Crippen LogP contribution in [0.1, 0.15) is 24.1 Å². The third-order valence-electron chi connectivity index (χ3n) is 3.61. The molecular weight excluding hydrogens is 369 g/mol. The topological polar surface area (TPSA) is 38.3 Å². The Labute approximate surface area is 152 Å². The molecule has 1 amide bonds. The van der Waals surface area contributed by atoms with Crippen LogP contribution < -0.4 is 10.1 Å². The molecule has 0 fully saturated rings. The molecule has 1 N–H and O–H groups in total. The largest absolute Gasteiger partial charge is 0.435 e. The van der Waals surface area contributed by atoms with Crippen molar-refractivity contribution in [2.24, 2.45) is 0 Å². The van der Waals surface area contributed by atoms with Crippen LogP contribution >= 0.6 is 0 Å². The van der Waals surface area contributed by atoms with Crippen LogP contribution in [0.25, 0.3) is 5.57 Å². The van der Waals surface area contributed by atoms with E-state index in [0.29, 0.717) is 11.6 Å². The van der Waals surface area contributed by atoms with Gasteiger partial charge in [0.15, 0.2) is 0 Å². The number of hydrogen-bond donors (Lipinski definition) is 1. The molecule has 0 aromatic heterocycles. The van der Waals surface area contributed by atoms with Crippen LogP contribution in [0.15, 0.2) is 60.7 Å². The van der Waals surface area contributed by atoms with E-state index >= 15 is 0 Å². The number of alkyl halides is 5. The van der Waals surface area contributed by atoms with Crippen LogP contribution in [-0.4, -0.2) is 18.7 Å². The summed E-state index contributed by atoms with van der Waals surface area (Å²) in [5, 5.41) is 2.39. The lowest BCUT2D eigenvalue weighted by atomic mass is 10.0. The quantitative estimate of drug-likeness (QED) is 0.554. The Hall–Kier alpha value is -2.90. The first kappa shape index (κ1) is 20.4. The van der Waals surface area contributed by atoms with Gasteiger partial charge in [-0.05, 0) is 30.2 Å². The molecule has 0 radical (unpaired) electrons. The molecule has 1 atom stereocenters. The van der Waals surface area contributed by atoms with E-state index in [0.717, 1.165) is 0 Å². The molecule has 27 heavy (non-hydrogen) atoms. The van der Waals surface area contributed by atoms with Gasteiger partial charge in [0.05, 0.1) is 11.6 Å². The monoisotopic (exact) mass is 385 g/mol. The second-order valence-electron chi connectivity index (χ2n) is 5.60. The van der Waals surface area contributed by atoms with Gasteiger partial charge in [0.2, 0.25) is 5.91 Å². The van der Waals surface area contributed by atoms with E-state index in [1.807, 2.05) is 0 Å². The second-order valence-corrected chi connectivity index (χ2v) is 5.60. The van der Waals surface area contributed by atoms with Crippen LogP contribution in [0.3, 0.4) is 0 Å². The van der Waals surface area contributed by atoms with E-state index in [2.05, 4.69) is 10.1 Å². The number of ether oxygens (including phenoxy) is 1. The van der Waals surface area contributed by atoms with Crippen molar-refractivity contribution < 1.29 is 31.5 Å². The average molecular weight is 385 g/mol. The first-order valence-electron chi connectivity index (χ1n) is 7.86. The van der Waals surface area contributed by atoms with Gasteiger partial charge in [0.1, 0.15) is 5.75 Å². The first-order chi connectivity index (χ1) is 12.7. The summed E-state index contributed by atoms with van der Waals surface area (Å²) in [6.45, 7) is -1.49. The summed E-state index contributed by atoms with van der Waals surface area (Å²) in [5.74, 6) is -1.07. The van der Waals surface area contributed by atoms with Crippen LogP contribution in [0.2, 0.25) is 0 Å². The van der Waals surface area contributed by atoms with Crippen LogP contribution in [0, 0.1) is 0 Å². The number of hydrogen-bond acceptors (Lipinski definition) is 2. The lowest BCUT2D eigenvalue weighted by molar-refractivity contribution is -0.117. The summed E-state index contributed by atoms with van der Waals surface area (Å²) in [7, 11) is 0. The van der Waals surface area contributed by atoms with Crippen molar-refractivity contribution in [1.82, 2.24) is 5.32 Å². The third-order valence-corrected chi connectivity index (χ3v) is 3.61. The fourth-order valence-electron chi connectivity index (χ4n) is 2.38. The van der Waals surface area contributed by atoms with Gasteiger partial charge in [0, 0.05) is 6.08 Å². The lowest BCUT2D eigenvalue weighted by Crippen LogP contribution is -2.26. The Kier molecular flexibility index (Phi) is 6.55. The minimum Gasteiger partial charge on any atom is -0.435 e. The number of benzene rings is 2. The normalized spacial score (nSPS) is 13.4. The SMILES string of the molecule is CC(NC(=O)/C=C(/c1ccccc1)C(F)(F)F)c1cccc(OC(F)F)c1. The number of carbonyl (C=O) groups excluding carboxylic acids is 1. The fourth-order valence-corrected chi connectivity index (χ4v) is 2.38. The summed E-state index contributed by atoms with van der Waals surface area (Å²) >= 11 is 0. The summed E-state index contributed by atoms with van der Waals surface area (Å²) < 4.78 is 68.6. The van der Waals surface area contributed by atoms with Crippen molar-refractivity contribution in [2.45, 2.75) is 25.8 Å². The highest BCUT2D eigenvalue weighted by Gasteiger charge is 2.35. The van der Waals surface area contributed by atoms with Gasteiger partial charge in [-0.1, -0.05) is 42.5 Å². The van der Waals surface area contributed by atoms with Crippen LogP contribution in [0.4, 0.5) is 22.0 Å². The smallest absolute Gasteiger partial charge is 0.417 e. The predicted molar refractivity (Wildman–Crippen MR) is 90.1 cm³/mol. The molecule has 3 nitrogen and oxygen atoms in total. The van der Waals surface area contributed by atoms with Gasteiger partial charge < -0.3 is 10.1 Å². The lowest BCUT2D eigenvalue weighted by Gasteiger charge is -2.16. The maximum Gasteiger partial charge on any atom is 0.417 e. The van der Waals surface area contributed by atoms with E-state index in [1.54, 1.807) is 6.07 Å². The molecule has 0 heterocycles. The zero-order chi connectivity index (χ0) is 20.0. The van der Waals surface area contributed by atoms with Crippen molar-refractivity contribution in [2.75, 3.05) is 0 Å². The molecular formula is C19H16F5NO2. The van der Waals surface area contributed by atoms with E-state index in [9.17, 15) is 26.7 Å². The van der Waals surface area contributed by atoms with Crippen molar-refractivity contribution in [1.29, 1.82) is 0 Å². The van der Waals surface area contributed by atoms with Crippen LogP contribution in [-0.2, 0) is 4.79 Å². The Balaban J connectivity index is 2.18. The summed E-state index contributed by atoms with van der Waals surface area (Å²) in [5.41, 5.74) is -0.814. The van der Waals surface area contributed by atoms with Crippen molar-refractivity contribution >= 4 is 11.5 Å². The highest BCUT2D eigenvalue weighted by Crippen LogP contribution is 2.33. The van der Waals surface area contributed by atoms with Gasteiger partial charge in [-0.25, -0.2) is 0 Å². The van der Waals surface area contributed by atoms with Crippen molar-refractivity contribution in [3.8, 4) is 5.75 Å². The zero-order valence-electron chi connectivity index (χ0n) is 14.1. The minimum atomic E-state index is -4.72. The Morgan fingerprint density at radius 3 is 2.33 bits per heavy atom. The first-order valence-corrected chi connectivity index (χ1v) is 7.86. The minimum absolute atomic E-state index is 0.112. The van der Waals surface area contributed by atoms with Gasteiger partial charge in [-0.2, -0.15) is 22.0 Å². The molecule has 0 saturated carbocycles. The second kappa shape index (κ2) is 8.66. The van der Waals surface area contributed by atoms with Gasteiger partial charge >= 0.3 is 12.8 Å². The summed E-state index contributed by atoms with van der Waals surface area (Å²) in [6, 6.07) is 11.8. The number of amides is 1. The number of nitrogens with one attached hydrogen (secondary N) is 1. The maximum absolute atomic E-state index is 13.3. The number of allylic oxidation sites excluding steroid dienone is 1. The Morgan fingerprint density at radius 1 is 1.07 bits per heavy atom. The van der Waals surface area contributed by atoms with E-state index in [1.165, 1.54) is 55.5 Å². The van der Waals surface area contributed by atoms with E-state index < -0.39 is 30.3 Å². The highest BCUT2D eigenvalue weighted by atomic mass is 19.4. The van der Waals surface area contributed by atoms with Crippen molar-refractivity contribution in [3.63, 3.8) is 0 Å². The predicted octanol–water partition coefficient (Wildman–Crippen LogP) is 5.11. The number of halogens is 5. The summed E-state index contributed by atoms with van der Waals surface area (Å²) in [4.78, 5) is 12.1. The van der Waals surface area contributed by atoms with Crippen molar-refractivity contribution in [3.05, 3.63) is 71.8 Å². The van der Waals surface area contributed by atoms with E-state index in [-0.39, 0.29) is 11.3 Å². The molecule has 2 aromatic rings. The molecule has 144 valence electrons. The number of carbonyl (C=O) groups is 1. The molecule has 1 unspecified atom stereocenters. The number of rotatable bonds is 6. The molecule has 0 saturated heterocycles. The fraction of sp³-hybridized carbons (Fsp3) is 0.211. The molecule has 0 spiro atoms. The molecule has 0 aliphatic carbocycles. The van der Waals surface area contributed by atoms with E-state index in [4.69, 9.17) is 0 Å². The molecule has 0 aliphatic rings.